The van der Waals surface area contributed by atoms with Crippen LogP contribution in [-0.4, -0.2) is 37.4 Å². The van der Waals surface area contributed by atoms with Gasteiger partial charge in [0.2, 0.25) is 11.8 Å². The third-order valence-electron chi connectivity index (χ3n) is 4.58. The Labute approximate surface area is 166 Å². The van der Waals surface area contributed by atoms with E-state index < -0.39 is 0 Å². The maximum absolute atomic E-state index is 12.1. The van der Waals surface area contributed by atoms with E-state index in [4.69, 9.17) is 5.73 Å². The van der Waals surface area contributed by atoms with Gasteiger partial charge in [0.1, 0.15) is 0 Å². The van der Waals surface area contributed by atoms with Gasteiger partial charge in [-0.05, 0) is 24.5 Å². The Kier molecular flexibility index (Phi) is 10.4. The van der Waals surface area contributed by atoms with E-state index in [1.54, 1.807) is 24.3 Å². The van der Waals surface area contributed by atoms with Gasteiger partial charge >= 0.3 is 0 Å². The van der Waals surface area contributed by atoms with Crippen LogP contribution in [0.5, 0.6) is 0 Å². The molecule has 1 aromatic carbocycles. The van der Waals surface area contributed by atoms with Crippen LogP contribution in [-0.2, 0) is 9.59 Å². The number of benzene rings is 1. The van der Waals surface area contributed by atoms with Gasteiger partial charge in [-0.3, -0.25) is 14.4 Å². The fraction of sp³-hybridized carbons (Fsp3) is 0.526. The number of hydrogen-bond donors (Lipinski definition) is 4. The van der Waals surface area contributed by atoms with E-state index in [0.717, 1.165) is 6.42 Å². The first-order valence-electron chi connectivity index (χ1n) is 9.24. The summed E-state index contributed by atoms with van der Waals surface area (Å²) in [6.07, 6.45) is 6.26. The molecule has 0 unspecified atom stereocenters. The second-order valence-corrected chi connectivity index (χ2v) is 6.60. The highest BCUT2D eigenvalue weighted by atomic mass is 35.5. The van der Waals surface area contributed by atoms with Crippen LogP contribution in [0.15, 0.2) is 24.3 Å². The summed E-state index contributed by atoms with van der Waals surface area (Å²) >= 11 is 0. The molecule has 1 saturated carbocycles. The highest BCUT2D eigenvalue weighted by Gasteiger charge is 2.17. The molecule has 27 heavy (non-hydrogen) atoms. The molecule has 1 fully saturated rings. The van der Waals surface area contributed by atoms with Crippen molar-refractivity contribution in [1.82, 2.24) is 10.6 Å². The van der Waals surface area contributed by atoms with E-state index in [9.17, 15) is 14.4 Å². The molecule has 0 atom stereocenters. The normalized spacial score (nSPS) is 13.5. The SMILES string of the molecule is Cl.NCCNC(=O)c1ccccc1NC(=O)CNC(=O)CCC1CCCC1. The lowest BCUT2D eigenvalue weighted by molar-refractivity contribution is -0.124. The topological polar surface area (TPSA) is 113 Å². The lowest BCUT2D eigenvalue weighted by atomic mass is 10.0. The van der Waals surface area contributed by atoms with E-state index in [1.807, 2.05) is 0 Å². The van der Waals surface area contributed by atoms with Crippen molar-refractivity contribution in [3.8, 4) is 0 Å². The molecule has 2 rings (SSSR count). The maximum atomic E-state index is 12.1. The summed E-state index contributed by atoms with van der Waals surface area (Å²) in [5, 5.41) is 7.99. The third kappa shape index (κ3) is 7.97. The fourth-order valence-corrected chi connectivity index (χ4v) is 3.17. The van der Waals surface area contributed by atoms with Crippen LogP contribution in [0.4, 0.5) is 5.69 Å². The lowest BCUT2D eigenvalue weighted by Gasteiger charge is -2.12. The van der Waals surface area contributed by atoms with Gasteiger partial charge in [-0.15, -0.1) is 12.4 Å². The van der Waals surface area contributed by atoms with Crippen LogP contribution in [0.2, 0.25) is 0 Å². The van der Waals surface area contributed by atoms with Crippen molar-refractivity contribution < 1.29 is 14.4 Å². The highest BCUT2D eigenvalue weighted by molar-refractivity contribution is 6.04. The van der Waals surface area contributed by atoms with Crippen molar-refractivity contribution in [1.29, 1.82) is 0 Å². The van der Waals surface area contributed by atoms with Crippen LogP contribution in [0.3, 0.4) is 0 Å². The predicted molar refractivity (Wildman–Crippen MR) is 108 cm³/mol. The molecule has 3 amide bonds. The largest absolute Gasteiger partial charge is 0.351 e. The summed E-state index contributed by atoms with van der Waals surface area (Å²) in [5.74, 6) is -0.125. The monoisotopic (exact) mass is 396 g/mol. The van der Waals surface area contributed by atoms with E-state index in [0.29, 0.717) is 36.7 Å². The molecular weight excluding hydrogens is 368 g/mol. The van der Waals surface area contributed by atoms with Crippen LogP contribution in [0.25, 0.3) is 0 Å². The molecule has 150 valence electrons. The zero-order valence-corrected chi connectivity index (χ0v) is 16.3. The van der Waals surface area contributed by atoms with E-state index >= 15 is 0 Å². The van der Waals surface area contributed by atoms with Gasteiger partial charge in [-0.25, -0.2) is 0 Å². The number of nitrogens with one attached hydrogen (secondary N) is 3. The lowest BCUT2D eigenvalue weighted by Crippen LogP contribution is -2.34. The molecule has 0 aliphatic heterocycles. The maximum Gasteiger partial charge on any atom is 0.253 e. The minimum Gasteiger partial charge on any atom is -0.351 e. The molecule has 0 bridgehead atoms. The molecule has 5 N–H and O–H groups in total. The number of para-hydroxylation sites is 1. The standard InChI is InChI=1S/C19H28N4O3.ClH/c20-11-12-21-19(26)15-7-3-4-8-16(15)23-18(25)13-22-17(24)10-9-14-5-1-2-6-14;/h3-4,7-8,14H,1-2,5-6,9-13,20H2,(H,21,26)(H,22,24)(H,23,25);1H. The molecule has 0 spiro atoms. The Morgan fingerprint density at radius 1 is 1.04 bits per heavy atom. The number of carbonyl (C=O) groups is 3. The molecule has 7 nitrogen and oxygen atoms in total. The third-order valence-corrected chi connectivity index (χ3v) is 4.58. The number of rotatable bonds is 9. The summed E-state index contributed by atoms with van der Waals surface area (Å²) < 4.78 is 0. The average Bonchev–Trinajstić information content (AvgIpc) is 3.17. The van der Waals surface area contributed by atoms with Gasteiger partial charge in [-0.1, -0.05) is 37.8 Å². The zero-order chi connectivity index (χ0) is 18.8. The van der Waals surface area contributed by atoms with Crippen LogP contribution in [0, 0.1) is 5.92 Å². The minimum absolute atomic E-state index is 0. The minimum atomic E-state index is -0.363. The molecule has 1 aromatic rings. The van der Waals surface area contributed by atoms with Gasteiger partial charge in [0.15, 0.2) is 0 Å². The second kappa shape index (κ2) is 12.3. The molecule has 1 aliphatic rings. The van der Waals surface area contributed by atoms with Crippen LogP contribution >= 0.6 is 12.4 Å². The number of halogens is 1. The van der Waals surface area contributed by atoms with Crippen molar-refractivity contribution >= 4 is 35.8 Å². The van der Waals surface area contributed by atoms with E-state index in [-0.39, 0.29) is 36.7 Å². The predicted octanol–water partition coefficient (Wildman–Crippen LogP) is 1.82. The summed E-state index contributed by atoms with van der Waals surface area (Å²) in [4.78, 5) is 36.1. The number of nitrogens with two attached hydrogens (primary N) is 1. The van der Waals surface area contributed by atoms with Crippen molar-refractivity contribution in [3.63, 3.8) is 0 Å². The Hall–Kier alpha value is -2.12. The summed E-state index contributed by atoms with van der Waals surface area (Å²) in [5.41, 5.74) is 6.15. The first-order chi connectivity index (χ1) is 12.6. The average molecular weight is 397 g/mol. The fourth-order valence-electron chi connectivity index (χ4n) is 3.17. The Morgan fingerprint density at radius 2 is 1.74 bits per heavy atom. The van der Waals surface area contributed by atoms with Gasteiger partial charge in [0, 0.05) is 19.5 Å². The van der Waals surface area contributed by atoms with Crippen LogP contribution in [0.1, 0.15) is 48.9 Å². The van der Waals surface area contributed by atoms with Gasteiger partial charge in [0.25, 0.3) is 5.91 Å². The van der Waals surface area contributed by atoms with Gasteiger partial charge in [0.05, 0.1) is 17.8 Å². The van der Waals surface area contributed by atoms with E-state index in [1.165, 1.54) is 25.7 Å². The van der Waals surface area contributed by atoms with Crippen LogP contribution < -0.4 is 21.7 Å². The molecule has 0 aromatic heterocycles. The van der Waals surface area contributed by atoms with Crippen molar-refractivity contribution in [2.75, 3.05) is 25.0 Å². The zero-order valence-electron chi connectivity index (χ0n) is 15.5. The molecule has 0 saturated heterocycles. The first-order valence-corrected chi connectivity index (χ1v) is 9.24. The van der Waals surface area contributed by atoms with E-state index in [2.05, 4.69) is 16.0 Å². The smallest absolute Gasteiger partial charge is 0.253 e. The second-order valence-electron chi connectivity index (χ2n) is 6.60. The van der Waals surface area contributed by atoms with Crippen molar-refractivity contribution in [2.24, 2.45) is 11.7 Å². The Morgan fingerprint density at radius 3 is 2.44 bits per heavy atom. The quantitative estimate of drug-likeness (QED) is 0.509. The molecule has 8 heteroatoms. The number of anilines is 1. The number of amides is 3. The van der Waals surface area contributed by atoms with Gasteiger partial charge in [-0.2, -0.15) is 0 Å². The molecule has 0 heterocycles. The van der Waals surface area contributed by atoms with Gasteiger partial charge < -0.3 is 21.7 Å². The summed E-state index contributed by atoms with van der Waals surface area (Å²) in [6, 6.07) is 6.73. The summed E-state index contributed by atoms with van der Waals surface area (Å²) in [7, 11) is 0. The number of carbonyl (C=O) groups excluding carboxylic acids is 3. The highest BCUT2D eigenvalue weighted by Crippen LogP contribution is 2.28. The Bertz CT molecular complexity index is 633. The first kappa shape index (κ1) is 22.9. The summed E-state index contributed by atoms with van der Waals surface area (Å²) in [6.45, 7) is 0.591. The number of hydrogen-bond acceptors (Lipinski definition) is 4. The van der Waals surface area contributed by atoms with Crippen molar-refractivity contribution in [3.05, 3.63) is 29.8 Å². The van der Waals surface area contributed by atoms with Crippen molar-refractivity contribution in [2.45, 2.75) is 38.5 Å². The molecule has 1 aliphatic carbocycles. The molecule has 0 radical (unpaired) electrons. The molecular formula is C19H29ClN4O3. The Balaban J connectivity index is 0.00000364.